The van der Waals surface area contributed by atoms with Crippen LogP contribution in [0.4, 0.5) is 0 Å². The van der Waals surface area contributed by atoms with Crippen molar-refractivity contribution in [1.82, 2.24) is 14.2 Å². The number of aromatic amines is 1. The van der Waals surface area contributed by atoms with Gasteiger partial charge in [0.2, 0.25) is 15.9 Å². The predicted molar refractivity (Wildman–Crippen MR) is 77.7 cm³/mol. The van der Waals surface area contributed by atoms with Crippen LogP contribution in [0.5, 0.6) is 0 Å². The molecule has 1 aromatic rings. The van der Waals surface area contributed by atoms with Crippen LogP contribution in [0, 0.1) is 0 Å². The molecule has 2 rings (SSSR count). The maximum atomic E-state index is 12.3. The van der Waals surface area contributed by atoms with Crippen molar-refractivity contribution in [2.24, 2.45) is 0 Å². The summed E-state index contributed by atoms with van der Waals surface area (Å²) in [6.07, 6.45) is 2.95. The molecule has 0 saturated carbocycles. The zero-order chi connectivity index (χ0) is 15.6. The van der Waals surface area contributed by atoms with E-state index in [-0.39, 0.29) is 22.4 Å². The number of amides is 1. The number of rotatable bonds is 4. The molecule has 0 bridgehead atoms. The second kappa shape index (κ2) is 6.17. The summed E-state index contributed by atoms with van der Waals surface area (Å²) in [5.41, 5.74) is -0.564. The number of likely N-dealkylation sites (tertiary alicyclic amines) is 1. The Hall–Kier alpha value is -1.38. The molecule has 1 fully saturated rings. The Balaban J connectivity index is 2.16. The molecule has 1 saturated heterocycles. The number of H-pyrrole nitrogens is 1. The third kappa shape index (κ3) is 3.45. The first-order chi connectivity index (χ1) is 9.82. The molecule has 1 amide bonds. The molecule has 1 N–H and O–H groups in total. The van der Waals surface area contributed by atoms with E-state index in [2.05, 4.69) is 4.98 Å². The summed E-state index contributed by atoms with van der Waals surface area (Å²) < 4.78 is 25.6. The molecule has 0 aliphatic carbocycles. The Kier molecular flexibility index (Phi) is 4.70. The molecular weight excluding hydrogens is 318 g/mol. The first-order valence-corrected chi connectivity index (χ1v) is 8.26. The summed E-state index contributed by atoms with van der Waals surface area (Å²) in [6, 6.07) is 1.08. The first kappa shape index (κ1) is 16.0. The lowest BCUT2D eigenvalue weighted by Crippen LogP contribution is -2.39. The largest absolute Gasteiger partial charge is 0.342 e. The fourth-order valence-electron chi connectivity index (χ4n) is 2.11. The van der Waals surface area contributed by atoms with E-state index in [1.54, 1.807) is 4.90 Å². The van der Waals surface area contributed by atoms with Crippen molar-refractivity contribution in [1.29, 1.82) is 0 Å². The summed E-state index contributed by atoms with van der Waals surface area (Å²) in [5, 5.41) is -0.213. The average Bonchev–Trinajstić information content (AvgIpc) is 2.95. The van der Waals surface area contributed by atoms with Gasteiger partial charge in [0.05, 0.1) is 11.4 Å². The Morgan fingerprint density at radius 2 is 2.05 bits per heavy atom. The van der Waals surface area contributed by atoms with Gasteiger partial charge in [-0.3, -0.25) is 9.59 Å². The number of nitrogens with zero attached hydrogens (tertiary/aromatic N) is 2. The molecule has 2 heterocycles. The summed E-state index contributed by atoms with van der Waals surface area (Å²) >= 11 is 5.63. The molecule has 0 radical (unpaired) electrons. The monoisotopic (exact) mass is 333 g/mol. The number of hydrogen-bond donors (Lipinski definition) is 1. The van der Waals surface area contributed by atoms with Gasteiger partial charge in [-0.05, 0) is 18.9 Å². The number of carbonyl (C=O) groups excluding carboxylic acids is 1. The fourth-order valence-corrected chi connectivity index (χ4v) is 3.46. The maximum absolute atomic E-state index is 12.3. The van der Waals surface area contributed by atoms with E-state index in [9.17, 15) is 18.0 Å². The van der Waals surface area contributed by atoms with E-state index in [1.807, 2.05) is 0 Å². The van der Waals surface area contributed by atoms with Gasteiger partial charge < -0.3 is 9.88 Å². The SMILES string of the molecule is CN(CC(=O)N1CCCC1)S(=O)(=O)c1c[nH]c(=O)c(Cl)c1. The molecule has 1 aliphatic heterocycles. The highest BCUT2D eigenvalue weighted by Gasteiger charge is 2.26. The molecule has 0 spiro atoms. The third-order valence-electron chi connectivity index (χ3n) is 3.36. The standard InChI is InChI=1S/C12H16ClN3O4S/c1-15(8-11(17)16-4-2-3-5-16)21(19,20)9-6-10(13)12(18)14-7-9/h6-7H,2-5,8H2,1H3,(H,14,18). The summed E-state index contributed by atoms with van der Waals surface area (Å²) in [6.45, 7) is 1.09. The van der Waals surface area contributed by atoms with Crippen molar-refractivity contribution < 1.29 is 13.2 Å². The Bertz CT molecular complexity index is 695. The number of hydrogen-bond acceptors (Lipinski definition) is 4. The van der Waals surface area contributed by atoms with Crippen LogP contribution in [0.2, 0.25) is 5.02 Å². The van der Waals surface area contributed by atoms with Gasteiger partial charge in [0.15, 0.2) is 0 Å². The smallest absolute Gasteiger partial charge is 0.266 e. The lowest BCUT2D eigenvalue weighted by Gasteiger charge is -2.21. The quantitative estimate of drug-likeness (QED) is 0.856. The van der Waals surface area contributed by atoms with Crippen LogP contribution < -0.4 is 5.56 Å². The van der Waals surface area contributed by atoms with E-state index in [1.165, 1.54) is 7.05 Å². The predicted octanol–water partition coefficient (Wildman–Crippen LogP) is 0.271. The van der Waals surface area contributed by atoms with Crippen LogP contribution in [0.15, 0.2) is 22.0 Å². The first-order valence-electron chi connectivity index (χ1n) is 6.45. The second-order valence-corrected chi connectivity index (χ2v) is 7.31. The highest BCUT2D eigenvalue weighted by molar-refractivity contribution is 7.89. The minimum atomic E-state index is -3.87. The zero-order valence-corrected chi connectivity index (χ0v) is 13.1. The topological polar surface area (TPSA) is 90.6 Å². The number of pyridine rings is 1. The van der Waals surface area contributed by atoms with Gasteiger partial charge in [0, 0.05) is 26.3 Å². The van der Waals surface area contributed by atoms with Gasteiger partial charge in [-0.25, -0.2) is 8.42 Å². The van der Waals surface area contributed by atoms with E-state index >= 15 is 0 Å². The molecule has 116 valence electrons. The highest BCUT2D eigenvalue weighted by Crippen LogP contribution is 2.16. The maximum Gasteiger partial charge on any atom is 0.266 e. The fraction of sp³-hybridized carbons (Fsp3) is 0.500. The Morgan fingerprint density at radius 1 is 1.43 bits per heavy atom. The van der Waals surface area contributed by atoms with Crippen molar-refractivity contribution in [3.8, 4) is 0 Å². The number of carbonyl (C=O) groups is 1. The zero-order valence-electron chi connectivity index (χ0n) is 11.5. The normalized spacial score (nSPS) is 15.7. The molecule has 9 heteroatoms. The molecule has 21 heavy (non-hydrogen) atoms. The van der Waals surface area contributed by atoms with E-state index in [4.69, 9.17) is 11.6 Å². The van der Waals surface area contributed by atoms with Crippen molar-refractivity contribution in [3.63, 3.8) is 0 Å². The van der Waals surface area contributed by atoms with Gasteiger partial charge in [-0.15, -0.1) is 0 Å². The number of nitrogens with one attached hydrogen (secondary N) is 1. The molecule has 7 nitrogen and oxygen atoms in total. The van der Waals surface area contributed by atoms with Crippen LogP contribution in [-0.4, -0.2) is 55.2 Å². The lowest BCUT2D eigenvalue weighted by atomic mass is 10.4. The van der Waals surface area contributed by atoms with Crippen molar-refractivity contribution >= 4 is 27.5 Å². The van der Waals surface area contributed by atoms with Crippen LogP contribution in [-0.2, 0) is 14.8 Å². The third-order valence-corrected chi connectivity index (χ3v) is 5.42. The van der Waals surface area contributed by atoms with E-state index in [0.717, 1.165) is 29.4 Å². The van der Waals surface area contributed by atoms with Crippen molar-refractivity contribution in [2.45, 2.75) is 17.7 Å². The molecule has 0 unspecified atom stereocenters. The molecule has 1 aromatic heterocycles. The number of likely N-dealkylation sites (N-methyl/N-ethyl adjacent to an activating group) is 1. The van der Waals surface area contributed by atoms with Gasteiger partial charge in [-0.2, -0.15) is 4.31 Å². The van der Waals surface area contributed by atoms with Crippen LogP contribution >= 0.6 is 11.6 Å². The van der Waals surface area contributed by atoms with E-state index in [0.29, 0.717) is 13.1 Å². The number of aromatic nitrogens is 1. The van der Waals surface area contributed by atoms with Crippen LogP contribution in [0.25, 0.3) is 0 Å². The molecule has 0 atom stereocenters. The van der Waals surface area contributed by atoms with Gasteiger partial charge in [0.25, 0.3) is 5.56 Å². The number of halogens is 1. The molecule has 0 aromatic carbocycles. The van der Waals surface area contributed by atoms with Crippen molar-refractivity contribution in [3.05, 3.63) is 27.6 Å². The highest BCUT2D eigenvalue weighted by atomic mass is 35.5. The number of sulfonamides is 1. The minimum absolute atomic E-state index is 0.149. The van der Waals surface area contributed by atoms with Gasteiger partial charge >= 0.3 is 0 Å². The van der Waals surface area contributed by atoms with Crippen LogP contribution in [0.1, 0.15) is 12.8 Å². The summed E-state index contributed by atoms with van der Waals surface area (Å²) in [4.78, 5) is 26.9. The molecule has 1 aliphatic rings. The van der Waals surface area contributed by atoms with E-state index < -0.39 is 15.6 Å². The summed E-state index contributed by atoms with van der Waals surface area (Å²) in [5.74, 6) is -0.228. The van der Waals surface area contributed by atoms with Crippen molar-refractivity contribution in [2.75, 3.05) is 26.7 Å². The van der Waals surface area contributed by atoms with Gasteiger partial charge in [-0.1, -0.05) is 11.6 Å². The second-order valence-electron chi connectivity index (χ2n) is 4.86. The minimum Gasteiger partial charge on any atom is -0.342 e. The lowest BCUT2D eigenvalue weighted by molar-refractivity contribution is -0.130. The summed E-state index contributed by atoms with van der Waals surface area (Å²) in [7, 11) is -2.55. The van der Waals surface area contributed by atoms with Gasteiger partial charge in [0.1, 0.15) is 5.02 Å². The Morgan fingerprint density at radius 3 is 2.62 bits per heavy atom. The molecular formula is C12H16ClN3O4S. The van der Waals surface area contributed by atoms with Crippen LogP contribution in [0.3, 0.4) is 0 Å². The average molecular weight is 334 g/mol. The Labute approximate surface area is 127 Å².